The Bertz CT molecular complexity index is 1050. The number of nitrogens with one attached hydrogen (secondary N) is 1. The zero-order valence-electron chi connectivity index (χ0n) is 16.6. The third-order valence-electron chi connectivity index (χ3n) is 5.03. The summed E-state index contributed by atoms with van der Waals surface area (Å²) in [7, 11) is -3.53. The number of hydrogen-bond acceptors (Lipinski definition) is 3. The Balaban J connectivity index is 1.55. The molecule has 0 radical (unpaired) electrons. The highest BCUT2D eigenvalue weighted by molar-refractivity contribution is 7.89. The summed E-state index contributed by atoms with van der Waals surface area (Å²) >= 11 is 0. The Labute approximate surface area is 177 Å². The highest BCUT2D eigenvalue weighted by Crippen LogP contribution is 2.23. The van der Waals surface area contributed by atoms with Crippen LogP contribution in [-0.4, -0.2) is 25.3 Å². The average molecular weight is 421 g/mol. The topological polar surface area (TPSA) is 66.5 Å². The van der Waals surface area contributed by atoms with Gasteiger partial charge in [0.15, 0.2) is 0 Å². The van der Waals surface area contributed by atoms with Gasteiger partial charge in [-0.25, -0.2) is 13.1 Å². The number of carbonyl (C=O) groups is 1. The molecule has 3 aromatic carbocycles. The van der Waals surface area contributed by atoms with Gasteiger partial charge in [-0.3, -0.25) is 4.79 Å². The summed E-state index contributed by atoms with van der Waals surface area (Å²) in [5.41, 5.74) is 2.54. The van der Waals surface area contributed by atoms with Crippen LogP contribution in [-0.2, 0) is 23.1 Å². The highest BCUT2D eigenvalue weighted by Gasteiger charge is 2.28. The predicted octanol–water partition coefficient (Wildman–Crippen LogP) is 3.97. The SMILES string of the molecule is O=C(c1ccc(S(=O)(=O)NC2CC2)cc1)N(Cc1ccccc1)Cc1ccccc1. The Morgan fingerprint density at radius 2 is 1.30 bits per heavy atom. The summed E-state index contributed by atoms with van der Waals surface area (Å²) in [6.07, 6.45) is 1.76. The fourth-order valence-electron chi connectivity index (χ4n) is 3.26. The lowest BCUT2D eigenvalue weighted by Crippen LogP contribution is -2.30. The van der Waals surface area contributed by atoms with Crippen molar-refractivity contribution in [3.8, 4) is 0 Å². The predicted molar refractivity (Wildman–Crippen MR) is 116 cm³/mol. The molecule has 1 amide bonds. The third-order valence-corrected chi connectivity index (χ3v) is 6.57. The van der Waals surface area contributed by atoms with Crippen LogP contribution in [0.15, 0.2) is 89.8 Å². The second-order valence-electron chi connectivity index (χ2n) is 7.55. The van der Waals surface area contributed by atoms with Gasteiger partial charge >= 0.3 is 0 Å². The van der Waals surface area contributed by atoms with E-state index in [9.17, 15) is 13.2 Å². The van der Waals surface area contributed by atoms with E-state index in [4.69, 9.17) is 0 Å². The summed E-state index contributed by atoms with van der Waals surface area (Å²) in [5, 5.41) is 0. The largest absolute Gasteiger partial charge is 0.330 e. The molecule has 1 saturated carbocycles. The van der Waals surface area contributed by atoms with Gasteiger partial charge in [0, 0.05) is 24.7 Å². The van der Waals surface area contributed by atoms with Crippen molar-refractivity contribution in [1.82, 2.24) is 9.62 Å². The lowest BCUT2D eigenvalue weighted by atomic mass is 10.1. The van der Waals surface area contributed by atoms with Crippen LogP contribution >= 0.6 is 0 Å². The van der Waals surface area contributed by atoms with Crippen molar-refractivity contribution in [3.05, 3.63) is 102 Å². The van der Waals surface area contributed by atoms with E-state index in [1.54, 1.807) is 17.0 Å². The summed E-state index contributed by atoms with van der Waals surface area (Å²) in [4.78, 5) is 15.2. The molecule has 4 rings (SSSR count). The monoisotopic (exact) mass is 420 g/mol. The molecule has 154 valence electrons. The average Bonchev–Trinajstić information content (AvgIpc) is 3.58. The highest BCUT2D eigenvalue weighted by atomic mass is 32.2. The number of sulfonamides is 1. The summed E-state index contributed by atoms with van der Waals surface area (Å²) < 4.78 is 27.4. The van der Waals surface area contributed by atoms with Crippen LogP contribution in [0, 0.1) is 0 Å². The summed E-state index contributed by atoms with van der Waals surface area (Å²) in [6.45, 7) is 0.940. The molecule has 0 bridgehead atoms. The first-order valence-electron chi connectivity index (χ1n) is 10.0. The van der Waals surface area contributed by atoms with E-state index in [1.807, 2.05) is 60.7 Å². The molecule has 0 heterocycles. The lowest BCUT2D eigenvalue weighted by molar-refractivity contribution is 0.0730. The van der Waals surface area contributed by atoms with Crippen molar-refractivity contribution in [1.29, 1.82) is 0 Å². The van der Waals surface area contributed by atoms with Crippen LogP contribution in [0.1, 0.15) is 34.3 Å². The molecule has 1 aliphatic rings. The van der Waals surface area contributed by atoms with Gasteiger partial charge in [-0.2, -0.15) is 0 Å². The Kier molecular flexibility index (Phi) is 5.97. The first-order chi connectivity index (χ1) is 14.5. The van der Waals surface area contributed by atoms with Crippen molar-refractivity contribution < 1.29 is 13.2 Å². The van der Waals surface area contributed by atoms with Crippen molar-refractivity contribution in [3.63, 3.8) is 0 Å². The number of amides is 1. The van der Waals surface area contributed by atoms with Crippen molar-refractivity contribution in [2.75, 3.05) is 0 Å². The Morgan fingerprint density at radius 3 is 1.77 bits per heavy atom. The number of rotatable bonds is 8. The maximum absolute atomic E-state index is 13.3. The van der Waals surface area contributed by atoms with E-state index in [0.29, 0.717) is 18.7 Å². The van der Waals surface area contributed by atoms with Crippen LogP contribution in [0.5, 0.6) is 0 Å². The smallest absolute Gasteiger partial charge is 0.254 e. The Hall–Kier alpha value is -2.96. The third kappa shape index (κ3) is 5.14. The minimum atomic E-state index is -3.53. The first-order valence-corrected chi connectivity index (χ1v) is 11.5. The van der Waals surface area contributed by atoms with Gasteiger partial charge in [-0.05, 0) is 48.2 Å². The molecular weight excluding hydrogens is 396 g/mol. The normalized spacial score (nSPS) is 13.7. The second kappa shape index (κ2) is 8.81. The molecule has 0 unspecified atom stereocenters. The molecule has 6 heteroatoms. The molecule has 0 atom stereocenters. The van der Waals surface area contributed by atoms with E-state index in [1.165, 1.54) is 12.1 Å². The van der Waals surface area contributed by atoms with Crippen LogP contribution in [0.25, 0.3) is 0 Å². The maximum atomic E-state index is 13.3. The fraction of sp³-hybridized carbons (Fsp3) is 0.208. The molecule has 5 nitrogen and oxygen atoms in total. The van der Waals surface area contributed by atoms with Gasteiger partial charge in [0.25, 0.3) is 5.91 Å². The van der Waals surface area contributed by atoms with Gasteiger partial charge < -0.3 is 4.90 Å². The van der Waals surface area contributed by atoms with Gasteiger partial charge in [0.2, 0.25) is 10.0 Å². The molecule has 1 aliphatic carbocycles. The van der Waals surface area contributed by atoms with Crippen LogP contribution < -0.4 is 4.72 Å². The molecule has 1 N–H and O–H groups in total. The summed E-state index contributed by atoms with van der Waals surface area (Å²) in [6, 6.07) is 25.9. The van der Waals surface area contributed by atoms with Crippen LogP contribution in [0.2, 0.25) is 0 Å². The minimum Gasteiger partial charge on any atom is -0.330 e. The maximum Gasteiger partial charge on any atom is 0.254 e. The van der Waals surface area contributed by atoms with Crippen LogP contribution in [0.4, 0.5) is 0 Å². The standard InChI is InChI=1S/C24H24N2O3S/c27-24(21-11-15-23(16-12-21)30(28,29)25-22-13-14-22)26(17-19-7-3-1-4-8-19)18-20-9-5-2-6-10-20/h1-12,15-16,22,25H,13-14,17-18H2. The van der Waals surface area contributed by atoms with E-state index in [-0.39, 0.29) is 16.8 Å². The quantitative estimate of drug-likeness (QED) is 0.600. The van der Waals surface area contributed by atoms with Gasteiger partial charge in [0.05, 0.1) is 4.90 Å². The number of carbonyl (C=O) groups excluding carboxylic acids is 1. The zero-order valence-corrected chi connectivity index (χ0v) is 17.4. The van der Waals surface area contributed by atoms with E-state index in [0.717, 1.165) is 24.0 Å². The van der Waals surface area contributed by atoms with Crippen molar-refractivity contribution >= 4 is 15.9 Å². The Morgan fingerprint density at radius 1 is 0.800 bits per heavy atom. The number of nitrogens with zero attached hydrogens (tertiary/aromatic N) is 1. The molecular formula is C24H24N2O3S. The summed E-state index contributed by atoms with van der Waals surface area (Å²) in [5.74, 6) is -0.137. The number of hydrogen-bond donors (Lipinski definition) is 1. The van der Waals surface area contributed by atoms with E-state index >= 15 is 0 Å². The molecule has 1 fully saturated rings. The zero-order chi connectivity index (χ0) is 21.0. The minimum absolute atomic E-state index is 0.0449. The number of benzene rings is 3. The molecule has 3 aromatic rings. The molecule has 30 heavy (non-hydrogen) atoms. The van der Waals surface area contributed by atoms with Gasteiger partial charge in [-0.15, -0.1) is 0 Å². The van der Waals surface area contributed by atoms with Crippen molar-refractivity contribution in [2.24, 2.45) is 0 Å². The lowest BCUT2D eigenvalue weighted by Gasteiger charge is -2.23. The van der Waals surface area contributed by atoms with E-state index in [2.05, 4.69) is 4.72 Å². The fourth-order valence-corrected chi connectivity index (χ4v) is 4.56. The van der Waals surface area contributed by atoms with Crippen molar-refractivity contribution in [2.45, 2.75) is 36.9 Å². The van der Waals surface area contributed by atoms with E-state index < -0.39 is 10.0 Å². The molecule has 0 spiro atoms. The van der Waals surface area contributed by atoms with Crippen LogP contribution in [0.3, 0.4) is 0 Å². The molecule has 0 aliphatic heterocycles. The molecule has 0 saturated heterocycles. The first kappa shape index (κ1) is 20.3. The second-order valence-corrected chi connectivity index (χ2v) is 9.27. The van der Waals surface area contributed by atoms with Gasteiger partial charge in [-0.1, -0.05) is 60.7 Å². The molecule has 0 aromatic heterocycles. The van der Waals surface area contributed by atoms with Gasteiger partial charge in [0.1, 0.15) is 0 Å².